The van der Waals surface area contributed by atoms with Crippen LogP contribution in [-0.2, 0) is 19.1 Å². The van der Waals surface area contributed by atoms with Crippen LogP contribution in [0.3, 0.4) is 0 Å². The predicted octanol–water partition coefficient (Wildman–Crippen LogP) is 2.90. The van der Waals surface area contributed by atoms with E-state index in [1.165, 1.54) is 12.8 Å². The van der Waals surface area contributed by atoms with Crippen molar-refractivity contribution in [3.63, 3.8) is 0 Å². The highest BCUT2D eigenvalue weighted by Gasteiger charge is 2.41. The predicted molar refractivity (Wildman–Crippen MR) is 111 cm³/mol. The molecule has 1 aliphatic heterocycles. The van der Waals surface area contributed by atoms with Gasteiger partial charge in [0.15, 0.2) is 0 Å². The molecule has 1 aliphatic carbocycles. The summed E-state index contributed by atoms with van der Waals surface area (Å²) < 4.78 is 10.9. The molecule has 160 valence electrons. The van der Waals surface area contributed by atoms with Gasteiger partial charge in [0.2, 0.25) is 0 Å². The molecule has 1 unspecified atom stereocenters. The van der Waals surface area contributed by atoms with Gasteiger partial charge in [0, 0.05) is 12.1 Å². The van der Waals surface area contributed by atoms with Crippen molar-refractivity contribution in [2.24, 2.45) is 11.7 Å². The molecule has 1 heterocycles. The van der Waals surface area contributed by atoms with Gasteiger partial charge in [0.1, 0.15) is 12.1 Å². The Labute approximate surface area is 173 Å². The number of rotatable bonds is 9. The monoisotopic (exact) mass is 402 g/mol. The minimum absolute atomic E-state index is 0.202. The highest BCUT2D eigenvalue weighted by Crippen LogP contribution is 2.35. The van der Waals surface area contributed by atoms with Gasteiger partial charge < -0.3 is 20.5 Å². The largest absolute Gasteiger partial charge is 0.466 e. The lowest BCUT2D eigenvalue weighted by atomic mass is 9.91. The maximum Gasteiger partial charge on any atom is 0.323 e. The smallest absolute Gasteiger partial charge is 0.323 e. The van der Waals surface area contributed by atoms with Crippen LogP contribution in [0.15, 0.2) is 30.3 Å². The molecule has 6 atom stereocenters. The molecule has 29 heavy (non-hydrogen) atoms. The molecular formula is C23H34N2O4. The summed E-state index contributed by atoms with van der Waals surface area (Å²) >= 11 is 0. The molecule has 1 aromatic carbocycles. The number of benzene rings is 1. The van der Waals surface area contributed by atoms with Gasteiger partial charge in [-0.1, -0.05) is 36.8 Å². The summed E-state index contributed by atoms with van der Waals surface area (Å²) in [6.07, 6.45) is 5.18. The fraction of sp³-hybridized carbons (Fsp3) is 0.652. The topological polar surface area (TPSA) is 90.7 Å². The molecule has 1 saturated heterocycles. The SMILES string of the molecule is CCOC(=O)[C@@H](CC[C@@H](N)C(C)OC(=O)[C@@H]1C[C@@H]2CCC[C@@H]2N1)c1ccccc1. The Hall–Kier alpha value is -1.92. The normalized spacial score (nSPS) is 26.4. The van der Waals surface area contributed by atoms with Crippen LogP contribution in [0.1, 0.15) is 63.9 Å². The number of hydrogen-bond donors (Lipinski definition) is 2. The summed E-state index contributed by atoms with van der Waals surface area (Å²) in [5.41, 5.74) is 7.23. The van der Waals surface area contributed by atoms with E-state index in [2.05, 4.69) is 5.32 Å². The molecule has 0 amide bonds. The average Bonchev–Trinajstić information content (AvgIpc) is 3.31. The van der Waals surface area contributed by atoms with Gasteiger partial charge in [0.05, 0.1) is 12.5 Å². The second-order valence-corrected chi connectivity index (χ2v) is 8.35. The van der Waals surface area contributed by atoms with E-state index < -0.39 is 6.10 Å². The zero-order valence-corrected chi connectivity index (χ0v) is 17.5. The molecule has 0 aromatic heterocycles. The van der Waals surface area contributed by atoms with E-state index in [0.717, 1.165) is 18.4 Å². The highest BCUT2D eigenvalue weighted by atomic mass is 16.5. The maximum absolute atomic E-state index is 12.5. The summed E-state index contributed by atoms with van der Waals surface area (Å²) in [6.45, 7) is 3.98. The van der Waals surface area contributed by atoms with Crippen LogP contribution in [0, 0.1) is 5.92 Å². The molecule has 1 saturated carbocycles. The zero-order chi connectivity index (χ0) is 20.8. The standard InChI is InChI=1S/C23H34N2O4/c1-3-28-22(26)18(16-8-5-4-6-9-16)12-13-19(24)15(2)29-23(27)21-14-17-10-7-11-20(17)25-21/h4-6,8-9,15,17-21,25H,3,7,10-14,24H2,1-2H3/t15?,17-,18-,19+,20-,21-/m0/s1. The van der Waals surface area contributed by atoms with Crippen molar-refractivity contribution in [1.29, 1.82) is 0 Å². The van der Waals surface area contributed by atoms with Crippen molar-refractivity contribution >= 4 is 11.9 Å². The van der Waals surface area contributed by atoms with E-state index in [1.54, 1.807) is 6.92 Å². The molecule has 2 fully saturated rings. The van der Waals surface area contributed by atoms with Crippen LogP contribution in [0.4, 0.5) is 0 Å². The third-order valence-corrected chi connectivity index (χ3v) is 6.36. The molecule has 0 radical (unpaired) electrons. The molecule has 3 rings (SSSR count). The van der Waals surface area contributed by atoms with Crippen LogP contribution >= 0.6 is 0 Å². The van der Waals surface area contributed by atoms with Crippen LogP contribution in [0.5, 0.6) is 0 Å². The first-order valence-corrected chi connectivity index (χ1v) is 10.9. The lowest BCUT2D eigenvalue weighted by Gasteiger charge is -2.24. The number of carbonyl (C=O) groups is 2. The summed E-state index contributed by atoms with van der Waals surface area (Å²) in [5, 5.41) is 3.42. The van der Waals surface area contributed by atoms with Crippen molar-refractivity contribution in [1.82, 2.24) is 5.32 Å². The minimum atomic E-state index is -0.400. The summed E-state index contributed by atoms with van der Waals surface area (Å²) in [7, 11) is 0. The minimum Gasteiger partial charge on any atom is -0.466 e. The van der Waals surface area contributed by atoms with Gasteiger partial charge >= 0.3 is 11.9 Å². The number of nitrogens with one attached hydrogen (secondary N) is 1. The molecule has 6 nitrogen and oxygen atoms in total. The quantitative estimate of drug-likeness (QED) is 0.617. The first kappa shape index (κ1) is 21.8. The van der Waals surface area contributed by atoms with Gasteiger partial charge in [0.25, 0.3) is 0 Å². The van der Waals surface area contributed by atoms with Crippen LogP contribution in [0.2, 0.25) is 0 Å². The number of nitrogens with two attached hydrogens (primary N) is 1. The lowest BCUT2D eigenvalue weighted by molar-refractivity contribution is -0.152. The molecular weight excluding hydrogens is 368 g/mol. The van der Waals surface area contributed by atoms with E-state index in [4.69, 9.17) is 15.2 Å². The Bertz CT molecular complexity index is 669. The Morgan fingerprint density at radius 3 is 2.66 bits per heavy atom. The lowest BCUT2D eigenvalue weighted by Crippen LogP contribution is -2.42. The molecule has 0 spiro atoms. The van der Waals surface area contributed by atoms with Gasteiger partial charge in [-0.25, -0.2) is 0 Å². The Kier molecular flexibility index (Phi) is 7.67. The van der Waals surface area contributed by atoms with Crippen molar-refractivity contribution in [2.45, 2.75) is 82.5 Å². The fourth-order valence-electron chi connectivity index (χ4n) is 4.63. The number of hydrogen-bond acceptors (Lipinski definition) is 6. The molecule has 6 heteroatoms. The molecule has 1 aromatic rings. The van der Waals surface area contributed by atoms with Crippen molar-refractivity contribution in [3.05, 3.63) is 35.9 Å². The van der Waals surface area contributed by atoms with Crippen LogP contribution < -0.4 is 11.1 Å². The first-order chi connectivity index (χ1) is 14.0. The molecule has 3 N–H and O–H groups in total. The Balaban J connectivity index is 1.50. The molecule has 2 aliphatic rings. The number of fused-ring (bicyclic) bond motifs is 1. The first-order valence-electron chi connectivity index (χ1n) is 10.9. The maximum atomic E-state index is 12.5. The van der Waals surface area contributed by atoms with E-state index in [1.807, 2.05) is 37.3 Å². The van der Waals surface area contributed by atoms with Gasteiger partial charge in [-0.05, 0) is 57.4 Å². The summed E-state index contributed by atoms with van der Waals surface area (Å²) in [4.78, 5) is 24.9. The van der Waals surface area contributed by atoms with E-state index >= 15 is 0 Å². The second kappa shape index (κ2) is 10.2. The number of carbonyl (C=O) groups excluding carboxylic acids is 2. The molecule has 0 bridgehead atoms. The van der Waals surface area contributed by atoms with E-state index in [0.29, 0.717) is 31.4 Å². The highest BCUT2D eigenvalue weighted by molar-refractivity contribution is 5.78. The van der Waals surface area contributed by atoms with Crippen molar-refractivity contribution in [3.8, 4) is 0 Å². The van der Waals surface area contributed by atoms with Gasteiger partial charge in [-0.3, -0.25) is 9.59 Å². The third kappa shape index (κ3) is 5.58. The fourth-order valence-corrected chi connectivity index (χ4v) is 4.63. The second-order valence-electron chi connectivity index (χ2n) is 8.35. The third-order valence-electron chi connectivity index (χ3n) is 6.36. The Morgan fingerprint density at radius 1 is 1.21 bits per heavy atom. The van der Waals surface area contributed by atoms with Crippen molar-refractivity contribution < 1.29 is 19.1 Å². The van der Waals surface area contributed by atoms with E-state index in [9.17, 15) is 9.59 Å². The summed E-state index contributed by atoms with van der Waals surface area (Å²) in [5.74, 6) is -0.196. The average molecular weight is 403 g/mol. The Morgan fingerprint density at radius 2 is 1.97 bits per heavy atom. The van der Waals surface area contributed by atoms with E-state index in [-0.39, 0.29) is 29.9 Å². The zero-order valence-electron chi connectivity index (χ0n) is 17.5. The van der Waals surface area contributed by atoms with Crippen LogP contribution in [-0.4, -0.2) is 42.8 Å². The van der Waals surface area contributed by atoms with Gasteiger partial charge in [-0.15, -0.1) is 0 Å². The van der Waals surface area contributed by atoms with Gasteiger partial charge in [-0.2, -0.15) is 0 Å². The van der Waals surface area contributed by atoms with Crippen molar-refractivity contribution in [2.75, 3.05) is 6.61 Å². The summed E-state index contributed by atoms with van der Waals surface area (Å²) in [6, 6.07) is 9.53. The number of ether oxygens (including phenoxy) is 2. The number of esters is 2. The van der Waals surface area contributed by atoms with Crippen LogP contribution in [0.25, 0.3) is 0 Å².